The Bertz CT molecular complexity index is 926. The summed E-state index contributed by atoms with van der Waals surface area (Å²) in [5.74, 6) is 0.791. The van der Waals surface area contributed by atoms with E-state index < -0.39 is 5.54 Å². The maximum Gasteiger partial charge on any atom is 0.153 e. The van der Waals surface area contributed by atoms with Crippen LogP contribution in [0.5, 0.6) is 0 Å². The third-order valence-corrected chi connectivity index (χ3v) is 4.70. The molecular formula is C17H18ClN5O. The lowest BCUT2D eigenvalue weighted by atomic mass is 9.97. The van der Waals surface area contributed by atoms with Crippen LogP contribution in [0.15, 0.2) is 35.5 Å². The SMILES string of the molecule is CC(C)(CO)N1c2cc[nH]c2N=CC1c1[nH]nc2cc(Cl)ccc12. The Labute approximate surface area is 144 Å². The quantitative estimate of drug-likeness (QED) is 0.680. The highest BCUT2D eigenvalue weighted by Gasteiger charge is 2.37. The highest BCUT2D eigenvalue weighted by molar-refractivity contribution is 6.31. The smallest absolute Gasteiger partial charge is 0.153 e. The lowest BCUT2D eigenvalue weighted by Crippen LogP contribution is -2.50. The number of nitrogens with zero attached hydrogens (tertiary/aromatic N) is 3. The van der Waals surface area contributed by atoms with Gasteiger partial charge in [0, 0.05) is 22.8 Å². The number of aromatic amines is 2. The van der Waals surface area contributed by atoms with Crippen LogP contribution in [0.1, 0.15) is 25.6 Å². The van der Waals surface area contributed by atoms with Gasteiger partial charge >= 0.3 is 0 Å². The number of rotatable bonds is 3. The van der Waals surface area contributed by atoms with Gasteiger partial charge in [-0.3, -0.25) is 5.10 Å². The van der Waals surface area contributed by atoms with Crippen molar-refractivity contribution in [2.75, 3.05) is 11.5 Å². The molecule has 0 radical (unpaired) electrons. The second-order valence-corrected chi connectivity index (χ2v) is 7.01. The maximum atomic E-state index is 9.93. The summed E-state index contributed by atoms with van der Waals surface area (Å²) < 4.78 is 0. The first kappa shape index (κ1) is 15.2. The number of halogens is 1. The number of nitrogens with one attached hydrogen (secondary N) is 2. The van der Waals surface area contributed by atoms with E-state index in [1.165, 1.54) is 0 Å². The summed E-state index contributed by atoms with van der Waals surface area (Å²) in [5.41, 5.74) is 2.22. The monoisotopic (exact) mass is 343 g/mol. The largest absolute Gasteiger partial charge is 0.394 e. The van der Waals surface area contributed by atoms with Crippen LogP contribution < -0.4 is 4.90 Å². The van der Waals surface area contributed by atoms with E-state index >= 15 is 0 Å². The molecule has 1 aliphatic rings. The van der Waals surface area contributed by atoms with Crippen molar-refractivity contribution >= 4 is 40.2 Å². The summed E-state index contributed by atoms with van der Waals surface area (Å²) in [6, 6.07) is 7.46. The van der Waals surface area contributed by atoms with Crippen molar-refractivity contribution in [1.29, 1.82) is 0 Å². The van der Waals surface area contributed by atoms with E-state index in [0.29, 0.717) is 5.02 Å². The van der Waals surface area contributed by atoms with Gasteiger partial charge < -0.3 is 15.0 Å². The standard InChI is InChI=1S/C17H18ClN5O/c1-17(2,9-24)23-13-5-6-19-16(13)20-8-14(23)15-11-4-3-10(18)7-12(11)21-22-15/h3-8,14,19,24H,9H2,1-2H3,(H,21,22). The fourth-order valence-corrected chi connectivity index (χ4v) is 3.39. The number of aliphatic hydroxyl groups is 1. The van der Waals surface area contributed by atoms with E-state index in [2.05, 4.69) is 25.1 Å². The lowest BCUT2D eigenvalue weighted by Gasteiger charge is -2.44. The van der Waals surface area contributed by atoms with Gasteiger partial charge in [0.2, 0.25) is 0 Å². The molecule has 24 heavy (non-hydrogen) atoms. The average Bonchev–Trinajstić information content (AvgIpc) is 3.19. The number of fused-ring (bicyclic) bond motifs is 2. The van der Waals surface area contributed by atoms with Crippen LogP contribution in [0.2, 0.25) is 5.02 Å². The number of H-pyrrole nitrogens is 2. The van der Waals surface area contributed by atoms with Gasteiger partial charge in [-0.15, -0.1) is 0 Å². The number of aliphatic hydroxyl groups excluding tert-OH is 1. The number of aliphatic imine (C=N–C) groups is 1. The van der Waals surface area contributed by atoms with E-state index in [-0.39, 0.29) is 12.6 Å². The molecule has 2 aromatic heterocycles. The van der Waals surface area contributed by atoms with Gasteiger partial charge in [0.25, 0.3) is 0 Å². The Morgan fingerprint density at radius 1 is 1.33 bits per heavy atom. The second-order valence-electron chi connectivity index (χ2n) is 6.57. The predicted molar refractivity (Wildman–Crippen MR) is 96.4 cm³/mol. The third-order valence-electron chi connectivity index (χ3n) is 4.47. The van der Waals surface area contributed by atoms with Crippen LogP contribution in [0.3, 0.4) is 0 Å². The lowest BCUT2D eigenvalue weighted by molar-refractivity contribution is 0.208. The molecule has 0 bridgehead atoms. The minimum atomic E-state index is -0.474. The van der Waals surface area contributed by atoms with Gasteiger partial charge in [-0.2, -0.15) is 5.10 Å². The first-order chi connectivity index (χ1) is 11.5. The minimum Gasteiger partial charge on any atom is -0.394 e. The number of benzene rings is 1. The summed E-state index contributed by atoms with van der Waals surface area (Å²) in [6.07, 6.45) is 3.73. The summed E-state index contributed by atoms with van der Waals surface area (Å²) >= 11 is 6.06. The van der Waals surface area contributed by atoms with E-state index in [0.717, 1.165) is 28.1 Å². The second kappa shape index (κ2) is 5.36. The molecule has 3 heterocycles. The van der Waals surface area contributed by atoms with Gasteiger partial charge in [0.15, 0.2) is 5.82 Å². The molecule has 0 fully saturated rings. The van der Waals surface area contributed by atoms with Crippen LogP contribution in [-0.4, -0.2) is 38.6 Å². The third kappa shape index (κ3) is 2.22. The first-order valence-electron chi connectivity index (χ1n) is 7.76. The Morgan fingerprint density at radius 2 is 2.17 bits per heavy atom. The highest BCUT2D eigenvalue weighted by Crippen LogP contribution is 2.42. The molecule has 4 rings (SSSR count). The molecule has 6 nitrogen and oxygen atoms in total. The predicted octanol–water partition coefficient (Wildman–Crippen LogP) is 3.58. The number of aromatic nitrogens is 3. The van der Waals surface area contributed by atoms with Gasteiger partial charge in [-0.1, -0.05) is 11.6 Å². The summed E-state index contributed by atoms with van der Waals surface area (Å²) in [6.45, 7) is 4.02. The summed E-state index contributed by atoms with van der Waals surface area (Å²) in [7, 11) is 0. The normalized spacial score (nSPS) is 17.5. The summed E-state index contributed by atoms with van der Waals surface area (Å²) in [5, 5.41) is 19.1. The molecule has 1 aliphatic heterocycles. The molecule has 3 N–H and O–H groups in total. The van der Waals surface area contributed by atoms with Gasteiger partial charge in [-0.05, 0) is 38.1 Å². The number of anilines is 1. The van der Waals surface area contributed by atoms with Crippen molar-refractivity contribution in [1.82, 2.24) is 15.2 Å². The van der Waals surface area contributed by atoms with Gasteiger partial charge in [-0.25, -0.2) is 4.99 Å². The molecule has 3 aromatic rings. The Kier molecular flexibility index (Phi) is 3.40. The molecule has 0 saturated heterocycles. The summed E-state index contributed by atoms with van der Waals surface area (Å²) in [4.78, 5) is 9.83. The zero-order chi connectivity index (χ0) is 16.9. The van der Waals surface area contributed by atoms with Crippen LogP contribution in [-0.2, 0) is 0 Å². The van der Waals surface area contributed by atoms with Gasteiger partial charge in [0.05, 0.1) is 29.0 Å². The van der Waals surface area contributed by atoms with Gasteiger partial charge in [0.1, 0.15) is 6.04 Å². The zero-order valence-electron chi connectivity index (χ0n) is 13.4. The highest BCUT2D eigenvalue weighted by atomic mass is 35.5. The minimum absolute atomic E-state index is 0.0137. The first-order valence-corrected chi connectivity index (χ1v) is 8.14. The van der Waals surface area contributed by atoms with Crippen LogP contribution >= 0.6 is 11.6 Å². The number of hydrogen-bond acceptors (Lipinski definition) is 4. The molecule has 1 unspecified atom stereocenters. The van der Waals surface area contributed by atoms with E-state index in [4.69, 9.17) is 11.6 Å². The van der Waals surface area contributed by atoms with E-state index in [1.807, 2.05) is 50.5 Å². The molecule has 1 atom stereocenters. The van der Waals surface area contributed by atoms with Crippen molar-refractivity contribution in [2.45, 2.75) is 25.4 Å². The molecular weight excluding hydrogens is 326 g/mol. The van der Waals surface area contributed by atoms with Crippen molar-refractivity contribution in [3.8, 4) is 0 Å². The van der Waals surface area contributed by atoms with E-state index in [1.54, 1.807) is 0 Å². The Morgan fingerprint density at radius 3 is 2.96 bits per heavy atom. The topological polar surface area (TPSA) is 80.3 Å². The van der Waals surface area contributed by atoms with Crippen molar-refractivity contribution < 1.29 is 5.11 Å². The van der Waals surface area contributed by atoms with Crippen LogP contribution in [0, 0.1) is 0 Å². The van der Waals surface area contributed by atoms with Crippen LogP contribution in [0.25, 0.3) is 10.9 Å². The van der Waals surface area contributed by atoms with Crippen molar-refractivity contribution in [3.05, 3.63) is 41.2 Å². The van der Waals surface area contributed by atoms with E-state index in [9.17, 15) is 5.11 Å². The Balaban J connectivity index is 1.89. The molecule has 1 aromatic carbocycles. The molecule has 0 aliphatic carbocycles. The maximum absolute atomic E-state index is 9.93. The molecule has 0 saturated carbocycles. The van der Waals surface area contributed by atoms with Crippen molar-refractivity contribution in [3.63, 3.8) is 0 Å². The fourth-order valence-electron chi connectivity index (χ4n) is 3.23. The molecule has 7 heteroatoms. The molecule has 0 amide bonds. The average molecular weight is 344 g/mol. The fraction of sp³-hybridized carbons (Fsp3) is 0.294. The zero-order valence-corrected chi connectivity index (χ0v) is 14.2. The Hall–Kier alpha value is -2.31. The molecule has 124 valence electrons. The van der Waals surface area contributed by atoms with Crippen molar-refractivity contribution in [2.24, 2.45) is 4.99 Å². The number of hydrogen-bond donors (Lipinski definition) is 3. The molecule has 0 spiro atoms. The van der Waals surface area contributed by atoms with Crippen LogP contribution in [0.4, 0.5) is 11.5 Å².